The number of aromatic nitrogens is 4. The van der Waals surface area contributed by atoms with Gasteiger partial charge in [0.1, 0.15) is 0 Å². The van der Waals surface area contributed by atoms with Crippen molar-refractivity contribution in [1.29, 1.82) is 0 Å². The van der Waals surface area contributed by atoms with Gasteiger partial charge in [0.25, 0.3) is 11.8 Å². The molecule has 2 amide bonds. The summed E-state index contributed by atoms with van der Waals surface area (Å²) in [5.74, 6) is -4.97. The molecule has 8 bridgehead atoms. The Morgan fingerprint density at radius 2 is 1.66 bits per heavy atom. The van der Waals surface area contributed by atoms with Gasteiger partial charge in [-0.2, -0.15) is 0 Å². The molecule has 0 aromatic carbocycles. The van der Waals surface area contributed by atoms with Crippen LogP contribution in [0.15, 0.2) is 24.8 Å². The van der Waals surface area contributed by atoms with Gasteiger partial charge in [0.05, 0.1) is 34.6 Å². The maximum atomic E-state index is 12.9. The van der Waals surface area contributed by atoms with Crippen LogP contribution in [0.2, 0.25) is 0 Å². The first kappa shape index (κ1) is 34.0. The molecule has 0 unspecified atom stereocenters. The highest BCUT2D eigenvalue weighted by atomic mass is 16.7. The van der Waals surface area contributed by atoms with Gasteiger partial charge in [-0.3, -0.25) is 19.4 Å². The average Bonchev–Trinajstić information content (AvgIpc) is 3.84. The second kappa shape index (κ2) is 13.2. The molecule has 0 saturated carbocycles. The molecule has 0 spiro atoms. The van der Waals surface area contributed by atoms with Crippen LogP contribution in [0.5, 0.6) is 0 Å². The number of imide groups is 1. The topological polar surface area (TPSA) is 196 Å². The number of nitrogens with zero attached hydrogens (tertiary/aromatic N) is 3. The summed E-state index contributed by atoms with van der Waals surface area (Å²) in [6.07, 6.45) is 2.00. The summed E-state index contributed by atoms with van der Waals surface area (Å²) in [6, 6.07) is 5.61. The van der Waals surface area contributed by atoms with E-state index < -0.39 is 42.1 Å². The smallest absolute Gasteiger partial charge is 0.338 e. The maximum Gasteiger partial charge on any atom is 0.338 e. The molecule has 13 heteroatoms. The number of nitrogens with one attached hydrogen (secondary N) is 2. The molecule has 0 radical (unpaired) electrons. The Hall–Kier alpha value is -5.85. The Labute approximate surface area is 286 Å². The van der Waals surface area contributed by atoms with Crippen LogP contribution in [-0.2, 0) is 36.9 Å². The van der Waals surface area contributed by atoms with Crippen LogP contribution < -0.4 is 0 Å². The molecule has 3 aromatic heterocycles. The summed E-state index contributed by atoms with van der Waals surface area (Å²) in [5.41, 5.74) is 8.66. The van der Waals surface area contributed by atoms with Crippen molar-refractivity contribution in [2.75, 3.05) is 0 Å². The SMILES string of the molecule is C=Cc1c(C)c2cc3nc(c(CC(=O)O)c4[nH]c(cc5nc(cc1[nH]2)C(C)=C5CC)c(C)c4C(=O)O)[C@@H](CCC(=O)ON1C(=O)CCC1=O)C3. The molecule has 3 aliphatic rings. The lowest BCUT2D eigenvalue weighted by Gasteiger charge is -2.15. The number of H-pyrrole nitrogens is 2. The Morgan fingerprint density at radius 3 is 2.30 bits per heavy atom. The number of aromatic carboxylic acids is 1. The predicted octanol–water partition coefficient (Wildman–Crippen LogP) is 5.95. The summed E-state index contributed by atoms with van der Waals surface area (Å²) in [4.78, 5) is 83.7. The third-order valence-corrected chi connectivity index (χ3v) is 9.63. The number of aryl methyl sites for hydroxylation is 2. The molecule has 258 valence electrons. The molecular weight excluding hydrogens is 642 g/mol. The Kier molecular flexibility index (Phi) is 9.00. The van der Waals surface area contributed by atoms with E-state index in [4.69, 9.17) is 14.8 Å². The second-order valence-electron chi connectivity index (χ2n) is 12.7. The zero-order chi connectivity index (χ0) is 36.0. The Morgan fingerprint density at radius 1 is 0.980 bits per heavy atom. The van der Waals surface area contributed by atoms with Crippen LogP contribution in [0.1, 0.15) is 107 Å². The number of rotatable bonds is 9. The largest absolute Gasteiger partial charge is 0.481 e. The van der Waals surface area contributed by atoms with Crippen LogP contribution in [0.4, 0.5) is 0 Å². The van der Waals surface area contributed by atoms with Crippen LogP contribution in [-0.4, -0.2) is 64.9 Å². The van der Waals surface area contributed by atoms with Crippen LogP contribution in [0.25, 0.3) is 39.3 Å². The lowest BCUT2D eigenvalue weighted by molar-refractivity contribution is -0.197. The monoisotopic (exact) mass is 679 g/mol. The molecule has 13 nitrogen and oxygen atoms in total. The third-order valence-electron chi connectivity index (χ3n) is 9.63. The highest BCUT2D eigenvalue weighted by molar-refractivity contribution is 6.03. The van der Waals surface area contributed by atoms with Crippen LogP contribution >= 0.6 is 0 Å². The van der Waals surface area contributed by atoms with Crippen molar-refractivity contribution in [3.63, 3.8) is 0 Å². The number of aromatic amines is 2. The van der Waals surface area contributed by atoms with Gasteiger partial charge < -0.3 is 25.0 Å². The van der Waals surface area contributed by atoms with Crippen molar-refractivity contribution < 1.29 is 39.0 Å². The number of hydroxylamine groups is 2. The zero-order valence-corrected chi connectivity index (χ0v) is 28.2. The van der Waals surface area contributed by atoms with Crippen molar-refractivity contribution in [2.24, 2.45) is 0 Å². The number of amides is 2. The van der Waals surface area contributed by atoms with Crippen molar-refractivity contribution in [2.45, 2.75) is 78.6 Å². The molecule has 1 fully saturated rings. The van der Waals surface area contributed by atoms with Gasteiger partial charge in [-0.25, -0.2) is 14.6 Å². The lowest BCUT2D eigenvalue weighted by Crippen LogP contribution is -2.32. The van der Waals surface area contributed by atoms with Gasteiger partial charge in [-0.1, -0.05) is 19.6 Å². The van der Waals surface area contributed by atoms with Crippen molar-refractivity contribution >= 4 is 69.0 Å². The molecule has 1 atom stereocenters. The van der Waals surface area contributed by atoms with E-state index in [1.165, 1.54) is 0 Å². The molecule has 0 aliphatic carbocycles. The van der Waals surface area contributed by atoms with Gasteiger partial charge in [-0.15, -0.1) is 5.06 Å². The fourth-order valence-electron chi connectivity index (χ4n) is 7.04. The summed E-state index contributed by atoms with van der Waals surface area (Å²) in [7, 11) is 0. The van der Waals surface area contributed by atoms with E-state index in [9.17, 15) is 34.2 Å². The molecule has 3 aromatic rings. The minimum absolute atomic E-state index is 0.0400. The van der Waals surface area contributed by atoms with Crippen molar-refractivity contribution in [3.8, 4) is 0 Å². The number of aliphatic carboxylic acids is 1. The maximum absolute atomic E-state index is 12.9. The van der Waals surface area contributed by atoms with E-state index in [-0.39, 0.29) is 42.3 Å². The highest BCUT2D eigenvalue weighted by Crippen LogP contribution is 2.37. The summed E-state index contributed by atoms with van der Waals surface area (Å²) in [5, 5.41) is 21.0. The van der Waals surface area contributed by atoms with E-state index in [2.05, 4.69) is 16.5 Å². The van der Waals surface area contributed by atoms with Gasteiger partial charge >= 0.3 is 17.9 Å². The number of carboxylic acids is 2. The minimum Gasteiger partial charge on any atom is -0.481 e. The number of carbonyl (C=O) groups is 5. The Balaban J connectivity index is 1.63. The first-order valence-corrected chi connectivity index (χ1v) is 16.4. The first-order valence-electron chi connectivity index (χ1n) is 16.4. The van der Waals surface area contributed by atoms with Crippen LogP contribution in [0.3, 0.4) is 0 Å². The molecule has 6 rings (SSSR count). The van der Waals surface area contributed by atoms with Crippen molar-refractivity contribution in [1.82, 2.24) is 25.0 Å². The van der Waals surface area contributed by atoms with E-state index in [0.29, 0.717) is 46.1 Å². The number of carbonyl (C=O) groups excluding carboxylic acids is 3. The quantitative estimate of drug-likeness (QED) is 0.196. The standard InChI is InChI=1S/C37H37N5O8/c1-6-22-17(3)25-13-21-12-20(8-11-33(47)50-42-30(43)9-10-31(42)44)35(38-21)24(14-32(45)46)36-34(37(48)49)19(5)27(41-36)16-29-23(7-2)18(4)26(40-29)15-28(22)39-25/h6,13,15-16,20,39,41H,1,7-12,14H2,2-5H3,(H,45,46)(H,48,49)/t20-/m0/s1. The molecule has 1 saturated heterocycles. The molecule has 3 aliphatic heterocycles. The van der Waals surface area contributed by atoms with Crippen LogP contribution in [0, 0.1) is 13.8 Å². The molecular formula is C37H37N5O8. The minimum atomic E-state index is -1.24. The molecule has 50 heavy (non-hydrogen) atoms. The van der Waals surface area contributed by atoms with Crippen molar-refractivity contribution in [3.05, 3.63) is 75.4 Å². The zero-order valence-electron chi connectivity index (χ0n) is 28.2. The number of allylic oxidation sites excluding steroid dienone is 2. The van der Waals surface area contributed by atoms with E-state index in [1.54, 1.807) is 19.1 Å². The number of fused-ring (bicyclic) bond motifs is 8. The predicted molar refractivity (Wildman–Crippen MR) is 185 cm³/mol. The summed E-state index contributed by atoms with van der Waals surface area (Å²) < 4.78 is 0. The number of hydrogen-bond acceptors (Lipinski definition) is 8. The normalized spacial score (nSPS) is 15.9. The Bertz CT molecular complexity index is 2210. The van der Waals surface area contributed by atoms with Gasteiger partial charge in [-0.05, 0) is 80.5 Å². The third kappa shape index (κ3) is 6.10. The van der Waals surface area contributed by atoms with E-state index >= 15 is 0 Å². The highest BCUT2D eigenvalue weighted by Gasteiger charge is 2.34. The fourth-order valence-corrected chi connectivity index (χ4v) is 7.04. The van der Waals surface area contributed by atoms with Gasteiger partial charge in [0.2, 0.25) is 0 Å². The fraction of sp³-hybridized carbons (Fsp3) is 0.324. The molecule has 6 heterocycles. The first-order chi connectivity index (χ1) is 23.8. The summed E-state index contributed by atoms with van der Waals surface area (Å²) >= 11 is 0. The number of carboxylic acid groups (broad SMARTS) is 2. The number of hydrogen-bond donors (Lipinski definition) is 4. The lowest BCUT2D eigenvalue weighted by atomic mass is 9.92. The van der Waals surface area contributed by atoms with E-state index in [0.717, 1.165) is 39.0 Å². The van der Waals surface area contributed by atoms with Gasteiger partial charge in [0.15, 0.2) is 0 Å². The summed E-state index contributed by atoms with van der Waals surface area (Å²) in [6.45, 7) is 11.6. The molecule has 4 N–H and O–H groups in total. The average molecular weight is 680 g/mol. The van der Waals surface area contributed by atoms with Gasteiger partial charge in [0, 0.05) is 58.6 Å². The second-order valence-corrected chi connectivity index (χ2v) is 12.7. The van der Waals surface area contributed by atoms with E-state index in [1.807, 2.05) is 32.9 Å².